The summed E-state index contributed by atoms with van der Waals surface area (Å²) in [6.07, 6.45) is 3.37. The highest BCUT2D eigenvalue weighted by Crippen LogP contribution is 2.19. The summed E-state index contributed by atoms with van der Waals surface area (Å²) in [7, 11) is 0. The molecule has 1 aliphatic rings. The largest absolute Gasteiger partial charge is 0.444 e. The van der Waals surface area contributed by atoms with Gasteiger partial charge in [-0.2, -0.15) is 0 Å². The summed E-state index contributed by atoms with van der Waals surface area (Å²) in [6.45, 7) is 5.70. The SMILES string of the molecule is CC(C)(C)OC(=O)NC1CCCC(NCC(N)=O)C1. The van der Waals surface area contributed by atoms with Gasteiger partial charge in [0.15, 0.2) is 0 Å². The molecule has 6 heteroatoms. The number of nitrogens with one attached hydrogen (secondary N) is 2. The molecule has 0 bridgehead atoms. The van der Waals surface area contributed by atoms with Crippen LogP contribution < -0.4 is 16.4 Å². The van der Waals surface area contributed by atoms with E-state index in [1.54, 1.807) is 0 Å². The summed E-state index contributed by atoms with van der Waals surface area (Å²) in [4.78, 5) is 22.4. The third kappa shape index (κ3) is 7.00. The van der Waals surface area contributed by atoms with Gasteiger partial charge in [0.1, 0.15) is 5.60 Å². The van der Waals surface area contributed by atoms with Crippen LogP contribution in [0.1, 0.15) is 46.5 Å². The van der Waals surface area contributed by atoms with Gasteiger partial charge in [-0.05, 0) is 46.5 Å². The topological polar surface area (TPSA) is 93.4 Å². The Labute approximate surface area is 114 Å². The minimum Gasteiger partial charge on any atom is -0.444 e. The lowest BCUT2D eigenvalue weighted by molar-refractivity contribution is -0.117. The van der Waals surface area contributed by atoms with Crippen molar-refractivity contribution in [1.82, 2.24) is 10.6 Å². The van der Waals surface area contributed by atoms with Crippen molar-refractivity contribution in [3.05, 3.63) is 0 Å². The number of hydrogen-bond donors (Lipinski definition) is 3. The highest BCUT2D eigenvalue weighted by atomic mass is 16.6. The summed E-state index contributed by atoms with van der Waals surface area (Å²) >= 11 is 0. The normalized spacial score (nSPS) is 23.7. The van der Waals surface area contributed by atoms with Crippen LogP contribution in [0.5, 0.6) is 0 Å². The van der Waals surface area contributed by atoms with Crippen molar-refractivity contribution in [3.63, 3.8) is 0 Å². The zero-order chi connectivity index (χ0) is 14.5. The number of amides is 2. The first-order valence-electron chi connectivity index (χ1n) is 6.77. The first-order valence-corrected chi connectivity index (χ1v) is 6.77. The first kappa shape index (κ1) is 15.8. The van der Waals surface area contributed by atoms with E-state index in [-0.39, 0.29) is 30.6 Å². The minimum absolute atomic E-state index is 0.0916. The van der Waals surface area contributed by atoms with E-state index in [0.29, 0.717) is 0 Å². The van der Waals surface area contributed by atoms with Crippen LogP contribution in [0, 0.1) is 0 Å². The third-order valence-corrected chi connectivity index (χ3v) is 2.96. The average Bonchev–Trinajstić information content (AvgIpc) is 2.24. The second-order valence-electron chi connectivity index (χ2n) is 6.05. The van der Waals surface area contributed by atoms with Crippen molar-refractivity contribution in [2.75, 3.05) is 6.54 Å². The molecule has 0 spiro atoms. The summed E-state index contributed by atoms with van der Waals surface area (Å²) in [5.41, 5.74) is 4.62. The van der Waals surface area contributed by atoms with Crippen molar-refractivity contribution in [2.45, 2.75) is 64.1 Å². The zero-order valence-electron chi connectivity index (χ0n) is 12.0. The van der Waals surface area contributed by atoms with Gasteiger partial charge in [0.25, 0.3) is 0 Å². The fourth-order valence-electron chi connectivity index (χ4n) is 2.23. The number of rotatable bonds is 4. The van der Waals surface area contributed by atoms with Crippen LogP contribution >= 0.6 is 0 Å². The Kier molecular flexibility index (Phi) is 5.60. The molecular weight excluding hydrogens is 246 g/mol. The number of hydrogen-bond acceptors (Lipinski definition) is 4. The van der Waals surface area contributed by atoms with Gasteiger partial charge in [0, 0.05) is 12.1 Å². The highest BCUT2D eigenvalue weighted by molar-refractivity contribution is 5.75. The molecule has 2 atom stereocenters. The van der Waals surface area contributed by atoms with Crippen molar-refractivity contribution in [1.29, 1.82) is 0 Å². The minimum atomic E-state index is -0.484. The van der Waals surface area contributed by atoms with Gasteiger partial charge in [-0.15, -0.1) is 0 Å². The zero-order valence-corrected chi connectivity index (χ0v) is 12.0. The molecular formula is C13H25N3O3. The molecule has 4 N–H and O–H groups in total. The van der Waals surface area contributed by atoms with Gasteiger partial charge in [-0.25, -0.2) is 4.79 Å². The third-order valence-electron chi connectivity index (χ3n) is 2.96. The number of carbonyl (C=O) groups is 2. The molecule has 1 saturated carbocycles. The number of alkyl carbamates (subject to hydrolysis) is 1. The maximum Gasteiger partial charge on any atom is 0.407 e. The van der Waals surface area contributed by atoms with Crippen LogP contribution in [0.15, 0.2) is 0 Å². The average molecular weight is 271 g/mol. The Morgan fingerprint density at radius 1 is 1.26 bits per heavy atom. The maximum absolute atomic E-state index is 11.7. The molecule has 2 unspecified atom stereocenters. The van der Waals surface area contributed by atoms with Crippen LogP contribution in [-0.2, 0) is 9.53 Å². The second kappa shape index (κ2) is 6.75. The molecule has 1 fully saturated rings. The van der Waals surface area contributed by atoms with E-state index in [0.717, 1.165) is 25.7 Å². The molecule has 19 heavy (non-hydrogen) atoms. The number of nitrogens with two attached hydrogens (primary N) is 1. The molecule has 0 saturated heterocycles. The molecule has 110 valence electrons. The van der Waals surface area contributed by atoms with E-state index in [1.165, 1.54) is 0 Å². The van der Waals surface area contributed by atoms with E-state index < -0.39 is 5.60 Å². The Morgan fingerprint density at radius 2 is 1.89 bits per heavy atom. The Bertz CT molecular complexity index is 326. The van der Waals surface area contributed by atoms with Crippen LogP contribution in [0.25, 0.3) is 0 Å². The van der Waals surface area contributed by atoms with Crippen molar-refractivity contribution in [2.24, 2.45) is 5.73 Å². The molecule has 1 aliphatic carbocycles. The second-order valence-corrected chi connectivity index (χ2v) is 6.05. The Balaban J connectivity index is 2.34. The fourth-order valence-corrected chi connectivity index (χ4v) is 2.23. The lowest BCUT2D eigenvalue weighted by Crippen LogP contribution is -2.47. The summed E-state index contributed by atoms with van der Waals surface area (Å²) in [6, 6.07) is 0.315. The maximum atomic E-state index is 11.7. The summed E-state index contributed by atoms with van der Waals surface area (Å²) < 4.78 is 5.23. The highest BCUT2D eigenvalue weighted by Gasteiger charge is 2.25. The fraction of sp³-hybridized carbons (Fsp3) is 0.846. The molecule has 0 aliphatic heterocycles. The summed E-state index contributed by atoms with van der Waals surface area (Å²) in [5.74, 6) is -0.359. The molecule has 2 amide bonds. The van der Waals surface area contributed by atoms with Crippen LogP contribution in [0.2, 0.25) is 0 Å². The quantitative estimate of drug-likeness (QED) is 0.708. The lowest BCUT2D eigenvalue weighted by atomic mass is 9.91. The van der Waals surface area contributed by atoms with Crippen molar-refractivity contribution >= 4 is 12.0 Å². The number of carbonyl (C=O) groups excluding carboxylic acids is 2. The van der Waals surface area contributed by atoms with Gasteiger partial charge < -0.3 is 21.1 Å². The molecule has 0 radical (unpaired) electrons. The molecule has 0 aromatic carbocycles. The van der Waals surface area contributed by atoms with Gasteiger partial charge in [0.2, 0.25) is 5.91 Å². The van der Waals surface area contributed by atoms with Gasteiger partial charge in [0.05, 0.1) is 6.54 Å². The monoisotopic (exact) mass is 271 g/mol. The van der Waals surface area contributed by atoms with E-state index in [2.05, 4.69) is 10.6 Å². The van der Waals surface area contributed by atoms with E-state index in [4.69, 9.17) is 10.5 Å². The van der Waals surface area contributed by atoms with Crippen LogP contribution in [0.4, 0.5) is 4.79 Å². The number of ether oxygens (including phenoxy) is 1. The van der Waals surface area contributed by atoms with Gasteiger partial charge in [-0.1, -0.05) is 0 Å². The predicted octanol–water partition coefficient (Wildman–Crippen LogP) is 0.897. The van der Waals surface area contributed by atoms with Crippen LogP contribution in [0.3, 0.4) is 0 Å². The smallest absolute Gasteiger partial charge is 0.407 e. The van der Waals surface area contributed by atoms with Crippen molar-refractivity contribution in [3.8, 4) is 0 Å². The molecule has 1 rings (SSSR count). The predicted molar refractivity (Wildman–Crippen MR) is 72.6 cm³/mol. The van der Waals surface area contributed by atoms with Gasteiger partial charge in [-0.3, -0.25) is 4.79 Å². The first-order chi connectivity index (χ1) is 8.76. The molecule has 6 nitrogen and oxygen atoms in total. The lowest BCUT2D eigenvalue weighted by Gasteiger charge is -2.31. The van der Waals surface area contributed by atoms with E-state index >= 15 is 0 Å². The molecule has 0 aromatic rings. The summed E-state index contributed by atoms with van der Waals surface area (Å²) in [5, 5.41) is 5.98. The Hall–Kier alpha value is -1.30. The van der Waals surface area contributed by atoms with Gasteiger partial charge >= 0.3 is 6.09 Å². The number of primary amides is 1. The standard InChI is InChI=1S/C13H25N3O3/c1-13(2,3)19-12(18)16-10-6-4-5-9(7-10)15-8-11(14)17/h9-10,15H,4-8H2,1-3H3,(H2,14,17)(H,16,18). The molecule has 0 aromatic heterocycles. The Morgan fingerprint density at radius 3 is 2.47 bits per heavy atom. The molecule has 0 heterocycles. The van der Waals surface area contributed by atoms with Crippen LogP contribution in [-0.4, -0.2) is 36.2 Å². The van der Waals surface area contributed by atoms with E-state index in [1.807, 2.05) is 20.8 Å². The van der Waals surface area contributed by atoms with E-state index in [9.17, 15) is 9.59 Å². The van der Waals surface area contributed by atoms with Crippen molar-refractivity contribution < 1.29 is 14.3 Å².